The van der Waals surface area contributed by atoms with Gasteiger partial charge >= 0.3 is 5.97 Å². The highest BCUT2D eigenvalue weighted by molar-refractivity contribution is 5.77. The van der Waals surface area contributed by atoms with Gasteiger partial charge in [-0.05, 0) is 49.8 Å². The number of aliphatic carboxylic acids is 1. The average molecular weight is 333 g/mol. The van der Waals surface area contributed by atoms with E-state index in [9.17, 15) is 9.59 Å². The van der Waals surface area contributed by atoms with Gasteiger partial charge in [-0.1, -0.05) is 19.1 Å². The van der Waals surface area contributed by atoms with Gasteiger partial charge in [-0.15, -0.1) is 0 Å². The summed E-state index contributed by atoms with van der Waals surface area (Å²) in [5.41, 5.74) is 1.07. The van der Waals surface area contributed by atoms with E-state index in [1.54, 1.807) is 14.0 Å². The maximum atomic E-state index is 12.1. The molecule has 0 heterocycles. The summed E-state index contributed by atoms with van der Waals surface area (Å²) in [6.45, 7) is 1.84. The summed E-state index contributed by atoms with van der Waals surface area (Å²) in [7, 11) is 1.65. The van der Waals surface area contributed by atoms with Crippen molar-refractivity contribution in [3.8, 4) is 5.75 Å². The first-order chi connectivity index (χ1) is 11.5. The van der Waals surface area contributed by atoms with E-state index in [1.807, 2.05) is 24.3 Å². The van der Waals surface area contributed by atoms with Crippen molar-refractivity contribution in [2.24, 2.45) is 5.92 Å². The predicted octanol–water partition coefficient (Wildman–Crippen LogP) is 3.12. The topological polar surface area (TPSA) is 66.8 Å². The summed E-state index contributed by atoms with van der Waals surface area (Å²) in [6.07, 6.45) is 6.04. The summed E-state index contributed by atoms with van der Waals surface area (Å²) >= 11 is 0. The Kier molecular flexibility index (Phi) is 6.64. The molecule has 1 aliphatic carbocycles. The normalized spacial score (nSPS) is 15.9. The van der Waals surface area contributed by atoms with Crippen LogP contribution in [0.15, 0.2) is 24.3 Å². The van der Waals surface area contributed by atoms with E-state index < -0.39 is 11.9 Å². The van der Waals surface area contributed by atoms with Crippen LogP contribution in [0.1, 0.15) is 44.6 Å². The molecule has 132 valence electrons. The average Bonchev–Trinajstić information content (AvgIpc) is 3.05. The largest absolute Gasteiger partial charge is 0.490 e. The molecule has 5 heteroatoms. The number of carbonyl (C=O) groups is 2. The van der Waals surface area contributed by atoms with E-state index in [-0.39, 0.29) is 12.5 Å². The van der Waals surface area contributed by atoms with E-state index in [0.29, 0.717) is 18.9 Å². The minimum Gasteiger partial charge on any atom is -0.490 e. The van der Waals surface area contributed by atoms with Gasteiger partial charge < -0.3 is 14.7 Å². The fraction of sp³-hybridized carbons (Fsp3) is 0.579. The van der Waals surface area contributed by atoms with Crippen LogP contribution in [0, 0.1) is 5.92 Å². The summed E-state index contributed by atoms with van der Waals surface area (Å²) in [6, 6.07) is 7.92. The molecule has 1 N–H and O–H groups in total. The Morgan fingerprint density at radius 1 is 1.33 bits per heavy atom. The number of carbonyl (C=O) groups excluding carboxylic acids is 1. The maximum absolute atomic E-state index is 12.1. The summed E-state index contributed by atoms with van der Waals surface area (Å²) < 4.78 is 5.99. The summed E-state index contributed by atoms with van der Waals surface area (Å²) in [5, 5.41) is 8.92. The summed E-state index contributed by atoms with van der Waals surface area (Å²) in [4.78, 5) is 24.5. The molecule has 1 aliphatic rings. The van der Waals surface area contributed by atoms with Crippen LogP contribution in [-0.2, 0) is 16.0 Å². The zero-order valence-corrected chi connectivity index (χ0v) is 14.5. The molecule has 1 unspecified atom stereocenters. The van der Waals surface area contributed by atoms with Crippen molar-refractivity contribution in [3.05, 3.63) is 29.8 Å². The van der Waals surface area contributed by atoms with Crippen molar-refractivity contribution in [2.45, 2.75) is 51.6 Å². The number of nitrogens with zero attached hydrogens (tertiary/aromatic N) is 1. The number of carboxylic acids is 1. The molecule has 5 nitrogen and oxygen atoms in total. The van der Waals surface area contributed by atoms with Crippen LogP contribution in [0.2, 0.25) is 0 Å². The third-order valence-corrected chi connectivity index (χ3v) is 4.53. The van der Waals surface area contributed by atoms with Crippen molar-refractivity contribution in [1.29, 1.82) is 0 Å². The van der Waals surface area contributed by atoms with Gasteiger partial charge in [0.1, 0.15) is 5.75 Å². The Morgan fingerprint density at radius 3 is 2.71 bits per heavy atom. The van der Waals surface area contributed by atoms with Gasteiger partial charge in [0.25, 0.3) is 0 Å². The number of amides is 1. The number of hydrogen-bond acceptors (Lipinski definition) is 3. The first-order valence-electron chi connectivity index (χ1n) is 8.68. The van der Waals surface area contributed by atoms with Crippen molar-refractivity contribution < 1.29 is 19.4 Å². The third-order valence-electron chi connectivity index (χ3n) is 4.53. The molecular weight excluding hydrogens is 306 g/mol. The van der Waals surface area contributed by atoms with Crippen LogP contribution in [0.3, 0.4) is 0 Å². The molecule has 0 aliphatic heterocycles. The highest BCUT2D eigenvalue weighted by Crippen LogP contribution is 2.24. The molecule has 1 fully saturated rings. The zero-order chi connectivity index (χ0) is 17.5. The second-order valence-corrected chi connectivity index (χ2v) is 6.69. The molecule has 0 spiro atoms. The van der Waals surface area contributed by atoms with Gasteiger partial charge in [-0.25, -0.2) is 0 Å². The number of rotatable bonds is 8. The SMILES string of the molecule is CC(CN(C)C(=O)CCc1cccc(OC2CCCC2)c1)C(=O)O. The highest BCUT2D eigenvalue weighted by Gasteiger charge is 2.18. The highest BCUT2D eigenvalue weighted by atomic mass is 16.5. The lowest BCUT2D eigenvalue weighted by Crippen LogP contribution is -2.33. The Labute approximate surface area is 143 Å². The van der Waals surface area contributed by atoms with E-state index >= 15 is 0 Å². The van der Waals surface area contributed by atoms with Crippen LogP contribution in [0.25, 0.3) is 0 Å². The second kappa shape index (κ2) is 8.71. The monoisotopic (exact) mass is 333 g/mol. The molecule has 0 bridgehead atoms. The maximum Gasteiger partial charge on any atom is 0.308 e. The Balaban J connectivity index is 1.82. The van der Waals surface area contributed by atoms with E-state index in [4.69, 9.17) is 9.84 Å². The minimum absolute atomic E-state index is 0.0368. The predicted molar refractivity (Wildman–Crippen MR) is 92.1 cm³/mol. The van der Waals surface area contributed by atoms with Gasteiger partial charge in [0.05, 0.1) is 12.0 Å². The molecule has 2 rings (SSSR count). The lowest BCUT2D eigenvalue weighted by molar-refractivity contribution is -0.142. The zero-order valence-electron chi connectivity index (χ0n) is 14.5. The van der Waals surface area contributed by atoms with Crippen molar-refractivity contribution in [3.63, 3.8) is 0 Å². The van der Waals surface area contributed by atoms with E-state index in [0.717, 1.165) is 24.2 Å². The number of ether oxygens (including phenoxy) is 1. The molecular formula is C19H27NO4. The molecule has 0 aromatic heterocycles. The standard InChI is InChI=1S/C19H27NO4/c1-14(19(22)23)13-20(2)18(21)11-10-15-6-5-9-17(12-15)24-16-7-3-4-8-16/h5-6,9,12,14,16H,3-4,7-8,10-11,13H2,1-2H3,(H,22,23). The molecule has 0 radical (unpaired) electrons. The number of carboxylic acid groups (broad SMARTS) is 1. The Hall–Kier alpha value is -2.04. The van der Waals surface area contributed by atoms with Crippen LogP contribution < -0.4 is 4.74 Å². The molecule has 1 saturated carbocycles. The number of benzene rings is 1. The lowest BCUT2D eigenvalue weighted by Gasteiger charge is -2.19. The third kappa shape index (κ3) is 5.55. The van der Waals surface area contributed by atoms with Gasteiger partial charge in [0, 0.05) is 20.0 Å². The Morgan fingerprint density at radius 2 is 2.04 bits per heavy atom. The van der Waals surface area contributed by atoms with Gasteiger partial charge in [0.2, 0.25) is 5.91 Å². The van der Waals surface area contributed by atoms with E-state index in [1.165, 1.54) is 17.7 Å². The van der Waals surface area contributed by atoms with E-state index in [2.05, 4.69) is 0 Å². The smallest absolute Gasteiger partial charge is 0.308 e. The van der Waals surface area contributed by atoms with Crippen LogP contribution in [0.5, 0.6) is 5.75 Å². The van der Waals surface area contributed by atoms with Crippen molar-refractivity contribution in [2.75, 3.05) is 13.6 Å². The second-order valence-electron chi connectivity index (χ2n) is 6.69. The summed E-state index contributed by atoms with van der Waals surface area (Å²) in [5.74, 6) is -0.599. The van der Waals surface area contributed by atoms with Crippen molar-refractivity contribution in [1.82, 2.24) is 4.90 Å². The van der Waals surface area contributed by atoms with Gasteiger partial charge in [0.15, 0.2) is 0 Å². The Bertz CT molecular complexity index is 566. The van der Waals surface area contributed by atoms with Crippen LogP contribution >= 0.6 is 0 Å². The molecule has 0 saturated heterocycles. The lowest BCUT2D eigenvalue weighted by atomic mass is 10.1. The fourth-order valence-corrected chi connectivity index (χ4v) is 3.01. The van der Waals surface area contributed by atoms with Crippen LogP contribution in [-0.4, -0.2) is 41.6 Å². The first-order valence-corrected chi connectivity index (χ1v) is 8.68. The van der Waals surface area contributed by atoms with Crippen LogP contribution in [0.4, 0.5) is 0 Å². The minimum atomic E-state index is -0.883. The van der Waals surface area contributed by atoms with Crippen molar-refractivity contribution >= 4 is 11.9 Å². The molecule has 24 heavy (non-hydrogen) atoms. The molecule has 1 amide bonds. The molecule has 1 aromatic carbocycles. The molecule has 1 aromatic rings. The first kappa shape index (κ1) is 18.3. The quantitative estimate of drug-likeness (QED) is 0.794. The molecule has 1 atom stereocenters. The van der Waals surface area contributed by atoms with Gasteiger partial charge in [-0.3, -0.25) is 9.59 Å². The fourth-order valence-electron chi connectivity index (χ4n) is 3.01. The van der Waals surface area contributed by atoms with Gasteiger partial charge in [-0.2, -0.15) is 0 Å². The number of hydrogen-bond donors (Lipinski definition) is 1. The number of aryl methyl sites for hydroxylation is 1.